The van der Waals surface area contributed by atoms with Gasteiger partial charge in [-0.15, -0.1) is 0 Å². The van der Waals surface area contributed by atoms with E-state index in [9.17, 15) is 4.79 Å². The normalized spacial score (nSPS) is 19.0. The SMILES string of the molecule is CCOC(=O)C(C)(NC1CCCCC1)c1nccnc1C. The number of rotatable bonds is 5. The molecule has 1 N–H and O–H groups in total. The molecule has 1 atom stereocenters. The predicted octanol–water partition coefficient (Wildman–Crippen LogP) is 2.49. The number of carbonyl (C=O) groups excluding carboxylic acids is 1. The Labute approximate surface area is 126 Å². The maximum Gasteiger partial charge on any atom is 0.332 e. The van der Waals surface area contributed by atoms with Crippen molar-refractivity contribution in [2.75, 3.05) is 6.61 Å². The van der Waals surface area contributed by atoms with E-state index in [1.165, 1.54) is 19.3 Å². The van der Waals surface area contributed by atoms with Crippen molar-refractivity contribution in [1.82, 2.24) is 15.3 Å². The summed E-state index contributed by atoms with van der Waals surface area (Å²) in [6.07, 6.45) is 9.14. The zero-order valence-corrected chi connectivity index (χ0v) is 13.2. The van der Waals surface area contributed by atoms with Gasteiger partial charge in [-0.2, -0.15) is 0 Å². The lowest BCUT2D eigenvalue weighted by Gasteiger charge is -2.34. The van der Waals surface area contributed by atoms with Crippen LogP contribution in [-0.2, 0) is 15.1 Å². The van der Waals surface area contributed by atoms with Crippen LogP contribution >= 0.6 is 0 Å². The third-order valence-corrected chi connectivity index (χ3v) is 4.14. The van der Waals surface area contributed by atoms with Gasteiger partial charge in [-0.1, -0.05) is 19.3 Å². The van der Waals surface area contributed by atoms with E-state index in [-0.39, 0.29) is 5.97 Å². The molecule has 0 bridgehead atoms. The fourth-order valence-electron chi connectivity index (χ4n) is 3.05. The molecule has 0 saturated heterocycles. The van der Waals surface area contributed by atoms with Gasteiger partial charge in [0.05, 0.1) is 18.0 Å². The van der Waals surface area contributed by atoms with E-state index in [4.69, 9.17) is 4.74 Å². The molecular weight excluding hydrogens is 266 g/mol. The fourth-order valence-corrected chi connectivity index (χ4v) is 3.05. The first-order valence-electron chi connectivity index (χ1n) is 7.81. The van der Waals surface area contributed by atoms with E-state index in [0.29, 0.717) is 18.3 Å². The Morgan fingerprint density at radius 2 is 2.00 bits per heavy atom. The van der Waals surface area contributed by atoms with Crippen LogP contribution in [0, 0.1) is 6.92 Å². The molecule has 0 aromatic carbocycles. The molecule has 21 heavy (non-hydrogen) atoms. The molecule has 0 spiro atoms. The maximum absolute atomic E-state index is 12.5. The third-order valence-electron chi connectivity index (χ3n) is 4.14. The molecule has 0 amide bonds. The number of carbonyl (C=O) groups is 1. The molecule has 0 aliphatic heterocycles. The summed E-state index contributed by atoms with van der Waals surface area (Å²) in [5.74, 6) is -0.279. The topological polar surface area (TPSA) is 64.1 Å². The van der Waals surface area contributed by atoms with Gasteiger partial charge < -0.3 is 4.74 Å². The molecular formula is C16H25N3O2. The second-order valence-electron chi connectivity index (χ2n) is 5.82. The van der Waals surface area contributed by atoms with Gasteiger partial charge in [-0.25, -0.2) is 4.79 Å². The summed E-state index contributed by atoms with van der Waals surface area (Å²) in [4.78, 5) is 21.2. The van der Waals surface area contributed by atoms with E-state index < -0.39 is 5.54 Å². The van der Waals surface area contributed by atoms with Crippen LogP contribution in [0.2, 0.25) is 0 Å². The minimum Gasteiger partial charge on any atom is -0.464 e. The third kappa shape index (κ3) is 3.59. The lowest BCUT2D eigenvalue weighted by Crippen LogP contribution is -2.53. The molecule has 5 nitrogen and oxygen atoms in total. The van der Waals surface area contributed by atoms with Gasteiger partial charge in [-0.05, 0) is 33.6 Å². The van der Waals surface area contributed by atoms with Crippen LogP contribution in [0.1, 0.15) is 57.3 Å². The van der Waals surface area contributed by atoms with Gasteiger partial charge in [0.15, 0.2) is 5.54 Å². The zero-order chi connectivity index (χ0) is 15.3. The Hall–Kier alpha value is -1.49. The lowest BCUT2D eigenvalue weighted by molar-refractivity contribution is -0.151. The van der Waals surface area contributed by atoms with Crippen molar-refractivity contribution in [2.24, 2.45) is 0 Å². The minimum atomic E-state index is -0.934. The van der Waals surface area contributed by atoms with Gasteiger partial charge in [0, 0.05) is 18.4 Å². The van der Waals surface area contributed by atoms with Crippen molar-refractivity contribution in [1.29, 1.82) is 0 Å². The Kier molecular flexibility index (Phi) is 5.28. The van der Waals surface area contributed by atoms with Crippen LogP contribution in [0.5, 0.6) is 0 Å². The number of nitrogens with zero attached hydrogens (tertiary/aromatic N) is 2. The Balaban J connectivity index is 2.29. The number of ether oxygens (including phenoxy) is 1. The van der Waals surface area contributed by atoms with Crippen molar-refractivity contribution in [3.8, 4) is 0 Å². The van der Waals surface area contributed by atoms with E-state index in [1.807, 2.05) is 20.8 Å². The van der Waals surface area contributed by atoms with Crippen molar-refractivity contribution in [3.63, 3.8) is 0 Å². The highest BCUT2D eigenvalue weighted by atomic mass is 16.5. The van der Waals surface area contributed by atoms with Gasteiger partial charge in [0.2, 0.25) is 0 Å². The fraction of sp³-hybridized carbons (Fsp3) is 0.688. The smallest absolute Gasteiger partial charge is 0.332 e. The first-order valence-corrected chi connectivity index (χ1v) is 7.81. The Morgan fingerprint density at radius 1 is 1.33 bits per heavy atom. The number of aryl methyl sites for hydroxylation is 1. The Bertz CT molecular complexity index is 486. The van der Waals surface area contributed by atoms with E-state index >= 15 is 0 Å². The molecule has 2 rings (SSSR count). The molecule has 1 saturated carbocycles. The second-order valence-corrected chi connectivity index (χ2v) is 5.82. The van der Waals surface area contributed by atoms with Gasteiger partial charge in [-0.3, -0.25) is 15.3 Å². The molecule has 1 aromatic rings. The molecule has 5 heteroatoms. The quantitative estimate of drug-likeness (QED) is 0.844. The minimum absolute atomic E-state index is 0.279. The summed E-state index contributed by atoms with van der Waals surface area (Å²) in [5.41, 5.74) is 0.487. The number of hydrogen-bond donors (Lipinski definition) is 1. The number of esters is 1. The van der Waals surface area contributed by atoms with Gasteiger partial charge in [0.1, 0.15) is 0 Å². The zero-order valence-electron chi connectivity index (χ0n) is 13.2. The Morgan fingerprint density at radius 3 is 2.62 bits per heavy atom. The van der Waals surface area contributed by atoms with Gasteiger partial charge in [0.25, 0.3) is 0 Å². The summed E-state index contributed by atoms with van der Waals surface area (Å²) < 4.78 is 5.29. The maximum atomic E-state index is 12.5. The molecule has 1 aliphatic carbocycles. The summed E-state index contributed by atoms with van der Waals surface area (Å²) in [5, 5.41) is 3.50. The number of hydrogen-bond acceptors (Lipinski definition) is 5. The number of aromatic nitrogens is 2. The van der Waals surface area contributed by atoms with Crippen molar-refractivity contribution in [2.45, 2.75) is 64.5 Å². The highest BCUT2D eigenvalue weighted by Crippen LogP contribution is 2.27. The average Bonchev–Trinajstić information content (AvgIpc) is 2.48. The molecule has 0 radical (unpaired) electrons. The second kappa shape index (κ2) is 6.98. The standard InChI is InChI=1S/C16H25N3O2/c1-4-21-15(20)16(3,14-12(2)17-10-11-18-14)19-13-8-6-5-7-9-13/h10-11,13,19H,4-9H2,1-3H3. The van der Waals surface area contributed by atoms with Gasteiger partial charge >= 0.3 is 5.97 Å². The molecule has 1 unspecified atom stereocenters. The lowest BCUT2D eigenvalue weighted by atomic mass is 9.89. The monoisotopic (exact) mass is 291 g/mol. The first-order chi connectivity index (χ1) is 10.1. The van der Waals surface area contributed by atoms with Crippen LogP contribution in [0.4, 0.5) is 0 Å². The van der Waals surface area contributed by atoms with Crippen LogP contribution in [-0.4, -0.2) is 28.6 Å². The molecule has 116 valence electrons. The van der Waals surface area contributed by atoms with Crippen LogP contribution in [0.25, 0.3) is 0 Å². The molecule has 1 aromatic heterocycles. The highest BCUT2D eigenvalue weighted by molar-refractivity contribution is 5.82. The van der Waals surface area contributed by atoms with E-state index in [2.05, 4.69) is 15.3 Å². The van der Waals surface area contributed by atoms with E-state index in [1.54, 1.807) is 12.4 Å². The van der Waals surface area contributed by atoms with Crippen molar-refractivity contribution in [3.05, 3.63) is 23.8 Å². The van der Waals surface area contributed by atoms with Crippen molar-refractivity contribution < 1.29 is 9.53 Å². The van der Waals surface area contributed by atoms with E-state index in [0.717, 1.165) is 18.5 Å². The van der Waals surface area contributed by atoms with Crippen molar-refractivity contribution >= 4 is 5.97 Å². The molecule has 1 heterocycles. The molecule has 1 aliphatic rings. The van der Waals surface area contributed by atoms with Crippen LogP contribution < -0.4 is 5.32 Å². The van der Waals surface area contributed by atoms with Crippen LogP contribution in [0.3, 0.4) is 0 Å². The average molecular weight is 291 g/mol. The highest BCUT2D eigenvalue weighted by Gasteiger charge is 2.41. The molecule has 1 fully saturated rings. The number of nitrogens with one attached hydrogen (secondary N) is 1. The summed E-state index contributed by atoms with van der Waals surface area (Å²) in [6.45, 7) is 5.92. The van der Waals surface area contributed by atoms with Crippen LogP contribution in [0.15, 0.2) is 12.4 Å². The predicted molar refractivity (Wildman–Crippen MR) is 80.8 cm³/mol. The first kappa shape index (κ1) is 15.9. The summed E-state index contributed by atoms with van der Waals surface area (Å²) in [7, 11) is 0. The largest absolute Gasteiger partial charge is 0.464 e. The summed E-state index contributed by atoms with van der Waals surface area (Å²) >= 11 is 0. The summed E-state index contributed by atoms with van der Waals surface area (Å²) in [6, 6.07) is 0.328.